The first kappa shape index (κ1) is 17.5. The minimum absolute atomic E-state index is 0.484. The van der Waals surface area contributed by atoms with Gasteiger partial charge in [-0.05, 0) is 64.5 Å². The van der Waals surface area contributed by atoms with Gasteiger partial charge in [-0.25, -0.2) is 4.98 Å². The van der Waals surface area contributed by atoms with Crippen LogP contribution in [0.5, 0.6) is 0 Å². The van der Waals surface area contributed by atoms with Crippen molar-refractivity contribution in [3.8, 4) is 0 Å². The molecule has 1 aromatic heterocycles. The number of nitrogens with two attached hydrogens (primary N) is 1. The lowest BCUT2D eigenvalue weighted by Gasteiger charge is -2.41. The smallest absolute Gasteiger partial charge is 0.149 e. The quantitative estimate of drug-likeness (QED) is 0.867. The number of ether oxygens (including phenoxy) is 1. The molecule has 5 heteroatoms. The maximum absolute atomic E-state index is 6.04. The second-order valence-electron chi connectivity index (χ2n) is 7.23. The third kappa shape index (κ3) is 4.39. The SMILES string of the molecule is CCO[C@H]1CC[C@H](N2CCC(Nc3nc(C)ccc3N)CC2)CC1. The van der Waals surface area contributed by atoms with Gasteiger partial charge in [0.05, 0.1) is 11.8 Å². The lowest BCUT2D eigenvalue weighted by Crippen LogP contribution is -2.46. The van der Waals surface area contributed by atoms with Crippen LogP contribution in [0, 0.1) is 6.92 Å². The van der Waals surface area contributed by atoms with Gasteiger partial charge in [0.2, 0.25) is 0 Å². The Morgan fingerprint density at radius 2 is 1.88 bits per heavy atom. The van der Waals surface area contributed by atoms with Crippen LogP contribution in [-0.2, 0) is 4.74 Å². The monoisotopic (exact) mass is 332 g/mol. The molecule has 1 saturated carbocycles. The zero-order valence-corrected chi connectivity index (χ0v) is 15.1. The number of anilines is 2. The zero-order valence-electron chi connectivity index (χ0n) is 15.1. The van der Waals surface area contributed by atoms with Crippen LogP contribution < -0.4 is 11.1 Å². The summed E-state index contributed by atoms with van der Waals surface area (Å²) in [6.07, 6.45) is 7.85. The first-order valence-electron chi connectivity index (χ1n) is 9.51. The number of rotatable bonds is 5. The number of aryl methyl sites for hydroxylation is 1. The number of aromatic nitrogens is 1. The van der Waals surface area contributed by atoms with E-state index >= 15 is 0 Å². The Hall–Kier alpha value is -1.33. The Labute approximate surface area is 146 Å². The molecule has 1 aromatic rings. The van der Waals surface area contributed by atoms with Crippen molar-refractivity contribution in [2.24, 2.45) is 0 Å². The van der Waals surface area contributed by atoms with Gasteiger partial charge in [0.15, 0.2) is 0 Å². The summed E-state index contributed by atoms with van der Waals surface area (Å²) in [5.41, 5.74) is 7.80. The van der Waals surface area contributed by atoms with E-state index in [2.05, 4.69) is 22.1 Å². The molecular weight excluding hydrogens is 300 g/mol. The van der Waals surface area contributed by atoms with E-state index in [0.717, 1.165) is 29.8 Å². The molecule has 5 nitrogen and oxygen atoms in total. The van der Waals surface area contributed by atoms with E-state index in [1.165, 1.54) is 51.6 Å². The van der Waals surface area contributed by atoms with Crippen molar-refractivity contribution < 1.29 is 4.74 Å². The predicted molar refractivity (Wildman–Crippen MR) is 99.3 cm³/mol. The predicted octanol–water partition coefficient (Wildman–Crippen LogP) is 3.20. The number of hydrogen-bond donors (Lipinski definition) is 2. The van der Waals surface area contributed by atoms with E-state index in [-0.39, 0.29) is 0 Å². The molecule has 2 heterocycles. The van der Waals surface area contributed by atoms with Crippen LogP contribution in [0.2, 0.25) is 0 Å². The van der Waals surface area contributed by atoms with Crippen LogP contribution >= 0.6 is 0 Å². The standard InChI is InChI=1S/C19H32N4O/c1-3-24-17-7-5-16(6-8-17)23-12-10-15(11-13-23)22-19-18(20)9-4-14(2)21-19/h4,9,15-17H,3,5-8,10-13,20H2,1-2H3,(H,21,22)/t16-,17-. The fourth-order valence-corrected chi connectivity index (χ4v) is 4.10. The molecule has 0 atom stereocenters. The third-order valence-electron chi connectivity index (χ3n) is 5.50. The van der Waals surface area contributed by atoms with Crippen LogP contribution in [0.25, 0.3) is 0 Å². The molecule has 0 spiro atoms. The molecule has 2 fully saturated rings. The van der Waals surface area contributed by atoms with Gasteiger partial charge in [0.25, 0.3) is 0 Å². The molecule has 0 amide bonds. The molecule has 3 rings (SSSR count). The third-order valence-corrected chi connectivity index (χ3v) is 5.50. The lowest BCUT2D eigenvalue weighted by atomic mass is 9.90. The Morgan fingerprint density at radius 1 is 1.17 bits per heavy atom. The van der Waals surface area contributed by atoms with Crippen LogP contribution in [0.1, 0.15) is 51.1 Å². The molecule has 1 saturated heterocycles. The van der Waals surface area contributed by atoms with Crippen LogP contribution in [-0.4, -0.2) is 47.8 Å². The second-order valence-corrected chi connectivity index (χ2v) is 7.23. The van der Waals surface area contributed by atoms with Gasteiger partial charge in [-0.3, -0.25) is 0 Å². The minimum atomic E-state index is 0.484. The number of likely N-dealkylation sites (tertiary alicyclic amines) is 1. The summed E-state index contributed by atoms with van der Waals surface area (Å²) in [5.74, 6) is 0.852. The van der Waals surface area contributed by atoms with Crippen LogP contribution in [0.15, 0.2) is 12.1 Å². The second kappa shape index (κ2) is 8.17. The van der Waals surface area contributed by atoms with Crippen molar-refractivity contribution in [2.75, 3.05) is 30.7 Å². The summed E-state index contributed by atoms with van der Waals surface area (Å²) in [7, 11) is 0. The molecule has 0 bridgehead atoms. The van der Waals surface area contributed by atoms with Crippen molar-refractivity contribution in [1.29, 1.82) is 0 Å². The van der Waals surface area contributed by atoms with Crippen molar-refractivity contribution in [2.45, 2.75) is 70.6 Å². The normalized spacial score (nSPS) is 26.4. The number of hydrogen-bond acceptors (Lipinski definition) is 5. The molecule has 1 aliphatic heterocycles. The lowest BCUT2D eigenvalue weighted by molar-refractivity contribution is 0.00993. The maximum Gasteiger partial charge on any atom is 0.149 e. The van der Waals surface area contributed by atoms with Crippen LogP contribution in [0.4, 0.5) is 11.5 Å². The van der Waals surface area contributed by atoms with Gasteiger partial charge in [-0.2, -0.15) is 0 Å². The Morgan fingerprint density at radius 3 is 2.54 bits per heavy atom. The van der Waals surface area contributed by atoms with E-state index in [1.54, 1.807) is 0 Å². The fourth-order valence-electron chi connectivity index (χ4n) is 4.10. The van der Waals surface area contributed by atoms with Crippen molar-refractivity contribution in [3.05, 3.63) is 17.8 Å². The van der Waals surface area contributed by atoms with E-state index in [9.17, 15) is 0 Å². The van der Waals surface area contributed by atoms with Gasteiger partial charge in [-0.1, -0.05) is 0 Å². The molecular formula is C19H32N4O. The highest BCUT2D eigenvalue weighted by molar-refractivity contribution is 5.61. The first-order chi connectivity index (χ1) is 11.7. The largest absolute Gasteiger partial charge is 0.396 e. The molecule has 0 radical (unpaired) electrons. The van der Waals surface area contributed by atoms with Crippen molar-refractivity contribution in [1.82, 2.24) is 9.88 Å². The number of nitrogens with one attached hydrogen (secondary N) is 1. The molecule has 3 N–H and O–H groups in total. The molecule has 134 valence electrons. The minimum Gasteiger partial charge on any atom is -0.396 e. The number of pyridine rings is 1. The fraction of sp³-hybridized carbons (Fsp3) is 0.737. The summed E-state index contributed by atoms with van der Waals surface area (Å²) in [4.78, 5) is 7.23. The van der Waals surface area contributed by atoms with Gasteiger partial charge in [-0.15, -0.1) is 0 Å². The van der Waals surface area contributed by atoms with Crippen molar-refractivity contribution >= 4 is 11.5 Å². The van der Waals surface area contributed by atoms with E-state index in [0.29, 0.717) is 12.1 Å². The van der Waals surface area contributed by atoms with Gasteiger partial charge >= 0.3 is 0 Å². The first-order valence-corrected chi connectivity index (χ1v) is 9.51. The molecule has 1 aliphatic carbocycles. The highest BCUT2D eigenvalue weighted by atomic mass is 16.5. The molecule has 24 heavy (non-hydrogen) atoms. The summed E-state index contributed by atoms with van der Waals surface area (Å²) >= 11 is 0. The van der Waals surface area contributed by atoms with Crippen LogP contribution in [0.3, 0.4) is 0 Å². The number of piperidine rings is 1. The molecule has 0 aromatic carbocycles. The van der Waals surface area contributed by atoms with Gasteiger partial charge in [0.1, 0.15) is 5.82 Å². The van der Waals surface area contributed by atoms with E-state index in [1.807, 2.05) is 19.1 Å². The maximum atomic E-state index is 6.04. The summed E-state index contributed by atoms with van der Waals surface area (Å²) in [6.45, 7) is 7.30. The summed E-state index contributed by atoms with van der Waals surface area (Å²) in [5, 5.41) is 3.55. The zero-order chi connectivity index (χ0) is 16.9. The Bertz CT molecular complexity index is 520. The molecule has 0 unspecified atom stereocenters. The van der Waals surface area contributed by atoms with E-state index in [4.69, 9.17) is 10.5 Å². The summed E-state index contributed by atoms with van der Waals surface area (Å²) in [6, 6.07) is 5.14. The highest BCUT2D eigenvalue weighted by Gasteiger charge is 2.29. The van der Waals surface area contributed by atoms with Gasteiger partial charge < -0.3 is 20.7 Å². The van der Waals surface area contributed by atoms with Gasteiger partial charge in [0, 0.05) is 37.5 Å². The molecule has 2 aliphatic rings. The Balaban J connectivity index is 1.45. The average molecular weight is 332 g/mol. The van der Waals surface area contributed by atoms with Crippen molar-refractivity contribution in [3.63, 3.8) is 0 Å². The number of nitrogens with zero attached hydrogens (tertiary/aromatic N) is 2. The highest BCUT2D eigenvalue weighted by Crippen LogP contribution is 2.28. The number of nitrogen functional groups attached to an aromatic ring is 1. The Kier molecular flexibility index (Phi) is 5.95. The average Bonchev–Trinajstić information content (AvgIpc) is 2.60. The topological polar surface area (TPSA) is 63.4 Å². The van der Waals surface area contributed by atoms with E-state index < -0.39 is 0 Å². The summed E-state index contributed by atoms with van der Waals surface area (Å²) < 4.78 is 5.78.